The Labute approximate surface area is 139 Å². The highest BCUT2D eigenvalue weighted by Gasteiger charge is 2.10. The van der Waals surface area contributed by atoms with Crippen LogP contribution in [0.3, 0.4) is 0 Å². The predicted octanol–water partition coefficient (Wildman–Crippen LogP) is 4.61. The minimum Gasteiger partial charge on any atom is -0.378 e. The molecule has 106 valence electrons. The Morgan fingerprint density at radius 3 is 2.62 bits per heavy atom. The van der Waals surface area contributed by atoms with Crippen LogP contribution in [0.4, 0.5) is 5.69 Å². The van der Waals surface area contributed by atoms with Crippen molar-refractivity contribution < 1.29 is 0 Å². The second kappa shape index (κ2) is 6.41. The van der Waals surface area contributed by atoms with Gasteiger partial charge in [-0.2, -0.15) is 15.4 Å². The summed E-state index contributed by atoms with van der Waals surface area (Å²) in [5.41, 5.74) is 3.81. The maximum atomic E-state index is 4.24. The zero-order chi connectivity index (χ0) is 14.7. The molecule has 0 aliphatic heterocycles. The van der Waals surface area contributed by atoms with Crippen molar-refractivity contribution in [3.8, 4) is 11.3 Å². The van der Waals surface area contributed by atoms with Crippen molar-refractivity contribution in [1.29, 1.82) is 0 Å². The van der Waals surface area contributed by atoms with Gasteiger partial charge in [-0.1, -0.05) is 46.3 Å². The molecule has 4 nitrogen and oxygen atoms in total. The number of hydrogen-bond donors (Lipinski definition) is 2. The van der Waals surface area contributed by atoms with Gasteiger partial charge in [-0.3, -0.25) is 0 Å². The molecule has 0 saturated carbocycles. The summed E-state index contributed by atoms with van der Waals surface area (Å²) < 4.78 is 2.03. The molecule has 0 atom stereocenters. The van der Waals surface area contributed by atoms with Crippen molar-refractivity contribution >= 4 is 37.5 Å². The van der Waals surface area contributed by atoms with Gasteiger partial charge in [0.25, 0.3) is 0 Å². The highest BCUT2D eigenvalue weighted by atomic mass is 79.9. The maximum Gasteiger partial charge on any atom is 0.117 e. The van der Waals surface area contributed by atoms with Gasteiger partial charge in [-0.25, -0.2) is 0 Å². The van der Waals surface area contributed by atoms with E-state index in [-0.39, 0.29) is 0 Å². The van der Waals surface area contributed by atoms with Crippen LogP contribution in [-0.4, -0.2) is 15.4 Å². The molecule has 2 aromatic carbocycles. The number of benzene rings is 2. The van der Waals surface area contributed by atoms with E-state index in [9.17, 15) is 0 Å². The summed E-state index contributed by atoms with van der Waals surface area (Å²) in [4.78, 5) is 0. The monoisotopic (exact) mass is 406 g/mol. The predicted molar refractivity (Wildman–Crippen MR) is 91.0 cm³/mol. The van der Waals surface area contributed by atoms with Gasteiger partial charge in [0.05, 0.1) is 6.54 Å². The van der Waals surface area contributed by atoms with E-state index in [4.69, 9.17) is 0 Å². The summed E-state index contributed by atoms with van der Waals surface area (Å²) in [5, 5.41) is 14.5. The number of nitrogens with zero attached hydrogens (tertiary/aromatic N) is 2. The molecule has 0 bridgehead atoms. The second-order valence-corrected chi connectivity index (χ2v) is 6.23. The van der Waals surface area contributed by atoms with Crippen molar-refractivity contribution in [3.05, 3.63) is 63.2 Å². The Morgan fingerprint density at radius 1 is 1.00 bits per heavy atom. The molecule has 0 unspecified atom stereocenters. The number of aromatic nitrogens is 3. The molecule has 0 aliphatic rings. The highest BCUT2D eigenvalue weighted by molar-refractivity contribution is 9.11. The highest BCUT2D eigenvalue weighted by Crippen LogP contribution is 2.27. The van der Waals surface area contributed by atoms with Crippen LogP contribution in [0, 0.1) is 0 Å². The molecule has 0 spiro atoms. The molecule has 2 N–H and O–H groups in total. The third kappa shape index (κ3) is 3.33. The lowest BCUT2D eigenvalue weighted by Crippen LogP contribution is -2.02. The largest absolute Gasteiger partial charge is 0.378 e. The second-order valence-electron chi connectivity index (χ2n) is 4.46. The van der Waals surface area contributed by atoms with Gasteiger partial charge in [-0.15, -0.1) is 0 Å². The average molecular weight is 408 g/mol. The lowest BCUT2D eigenvalue weighted by molar-refractivity contribution is 0.911. The van der Waals surface area contributed by atoms with E-state index in [1.165, 1.54) is 0 Å². The van der Waals surface area contributed by atoms with Crippen molar-refractivity contribution in [2.45, 2.75) is 6.54 Å². The molecule has 3 aromatic rings. The molecule has 0 saturated heterocycles. The topological polar surface area (TPSA) is 53.6 Å². The lowest BCUT2D eigenvalue weighted by atomic mass is 10.1. The molecular formula is C15H12Br2N4. The number of hydrogen-bond acceptors (Lipinski definition) is 3. The Kier molecular flexibility index (Phi) is 4.36. The van der Waals surface area contributed by atoms with E-state index in [1.807, 2.05) is 48.5 Å². The summed E-state index contributed by atoms with van der Waals surface area (Å²) in [6.07, 6.45) is 0. The van der Waals surface area contributed by atoms with Crippen molar-refractivity contribution in [3.63, 3.8) is 0 Å². The van der Waals surface area contributed by atoms with Crippen LogP contribution in [0.2, 0.25) is 0 Å². The number of aromatic amines is 1. The standard InChI is InChI=1S/C15H12Br2N4/c16-11-6-7-12(17)13(8-11)18-9-14-15(20-21-19-14)10-4-2-1-3-5-10/h1-8,18H,9H2,(H,19,20,21). The molecule has 0 amide bonds. The third-order valence-electron chi connectivity index (χ3n) is 3.04. The number of H-pyrrole nitrogens is 1. The van der Waals surface area contributed by atoms with Crippen LogP contribution >= 0.6 is 31.9 Å². The number of anilines is 1. The van der Waals surface area contributed by atoms with E-state index >= 15 is 0 Å². The Morgan fingerprint density at radius 2 is 1.81 bits per heavy atom. The summed E-state index contributed by atoms with van der Waals surface area (Å²) in [6, 6.07) is 16.0. The van der Waals surface area contributed by atoms with E-state index in [0.29, 0.717) is 6.54 Å². The van der Waals surface area contributed by atoms with Crippen LogP contribution in [0.1, 0.15) is 5.69 Å². The quantitative estimate of drug-likeness (QED) is 0.663. The van der Waals surface area contributed by atoms with Crippen molar-refractivity contribution in [2.24, 2.45) is 0 Å². The van der Waals surface area contributed by atoms with Gasteiger partial charge < -0.3 is 5.32 Å². The van der Waals surface area contributed by atoms with Gasteiger partial charge in [0.2, 0.25) is 0 Å². The van der Waals surface area contributed by atoms with E-state index < -0.39 is 0 Å². The zero-order valence-electron chi connectivity index (χ0n) is 11.0. The minimum absolute atomic E-state index is 0.593. The molecule has 1 aromatic heterocycles. The Hall–Kier alpha value is -1.66. The van der Waals surface area contributed by atoms with Crippen molar-refractivity contribution in [2.75, 3.05) is 5.32 Å². The van der Waals surface area contributed by atoms with E-state index in [1.54, 1.807) is 0 Å². The molecule has 0 fully saturated rings. The molecule has 21 heavy (non-hydrogen) atoms. The van der Waals surface area contributed by atoms with E-state index in [0.717, 1.165) is 31.6 Å². The smallest absolute Gasteiger partial charge is 0.117 e. The number of rotatable bonds is 4. The first-order chi connectivity index (χ1) is 10.2. The molecule has 1 heterocycles. The zero-order valence-corrected chi connectivity index (χ0v) is 14.1. The fourth-order valence-electron chi connectivity index (χ4n) is 2.02. The SMILES string of the molecule is Brc1ccc(Br)c(NCc2n[nH]nc2-c2ccccc2)c1. The van der Waals surface area contributed by atoms with Gasteiger partial charge in [0.1, 0.15) is 11.4 Å². The average Bonchev–Trinajstić information content (AvgIpc) is 2.97. The molecule has 0 aliphatic carbocycles. The van der Waals surface area contributed by atoms with Crippen LogP contribution in [-0.2, 0) is 6.54 Å². The number of halogens is 2. The lowest BCUT2D eigenvalue weighted by Gasteiger charge is -2.08. The summed E-state index contributed by atoms with van der Waals surface area (Å²) in [6.45, 7) is 0.593. The molecule has 3 rings (SSSR count). The van der Waals surface area contributed by atoms with E-state index in [2.05, 4.69) is 52.6 Å². The van der Waals surface area contributed by atoms with Crippen molar-refractivity contribution in [1.82, 2.24) is 15.4 Å². The van der Waals surface area contributed by atoms with Crippen LogP contribution in [0.15, 0.2) is 57.5 Å². The summed E-state index contributed by atoms with van der Waals surface area (Å²) >= 11 is 7.00. The first kappa shape index (κ1) is 14.3. The fraction of sp³-hybridized carbons (Fsp3) is 0.0667. The Bertz CT molecular complexity index is 740. The summed E-state index contributed by atoms with van der Waals surface area (Å²) in [5.74, 6) is 0. The summed E-state index contributed by atoms with van der Waals surface area (Å²) in [7, 11) is 0. The van der Waals surface area contributed by atoms with Gasteiger partial charge in [-0.05, 0) is 34.1 Å². The van der Waals surface area contributed by atoms with Gasteiger partial charge >= 0.3 is 0 Å². The van der Waals surface area contributed by atoms with Gasteiger partial charge in [0.15, 0.2) is 0 Å². The fourth-order valence-corrected chi connectivity index (χ4v) is 2.76. The normalized spacial score (nSPS) is 10.6. The molecular weight excluding hydrogens is 396 g/mol. The Balaban J connectivity index is 1.81. The molecule has 6 heteroatoms. The number of nitrogens with one attached hydrogen (secondary N) is 2. The molecule has 0 radical (unpaired) electrons. The third-order valence-corrected chi connectivity index (χ3v) is 4.23. The first-order valence-corrected chi connectivity index (χ1v) is 7.96. The van der Waals surface area contributed by atoms with Crippen LogP contribution in [0.25, 0.3) is 11.3 Å². The van der Waals surface area contributed by atoms with Crippen LogP contribution in [0.5, 0.6) is 0 Å². The maximum absolute atomic E-state index is 4.24. The minimum atomic E-state index is 0.593. The van der Waals surface area contributed by atoms with Crippen LogP contribution < -0.4 is 5.32 Å². The van der Waals surface area contributed by atoms with Gasteiger partial charge in [0, 0.05) is 20.2 Å². The first-order valence-electron chi connectivity index (χ1n) is 6.38.